The van der Waals surface area contributed by atoms with E-state index in [0.717, 1.165) is 0 Å². The molecule has 1 heterocycles. The largest absolute Gasteiger partial charge is 0.383 e. The van der Waals surface area contributed by atoms with Crippen LogP contribution in [-0.4, -0.2) is 40.0 Å². The van der Waals surface area contributed by atoms with Crippen molar-refractivity contribution in [1.82, 2.24) is 15.1 Å². The Morgan fingerprint density at radius 3 is 2.67 bits per heavy atom. The monoisotopic (exact) mass is 211 g/mol. The molecular formula is C8H13N5O2. The highest BCUT2D eigenvalue weighted by Gasteiger charge is 2.19. The van der Waals surface area contributed by atoms with Crippen LogP contribution in [0.5, 0.6) is 0 Å². The summed E-state index contributed by atoms with van der Waals surface area (Å²) >= 11 is 0. The van der Waals surface area contributed by atoms with Crippen molar-refractivity contribution >= 4 is 17.6 Å². The van der Waals surface area contributed by atoms with Gasteiger partial charge in [-0.2, -0.15) is 5.10 Å². The van der Waals surface area contributed by atoms with Crippen LogP contribution in [0.2, 0.25) is 0 Å². The molecule has 0 aromatic carbocycles. The Morgan fingerprint density at radius 2 is 2.27 bits per heavy atom. The number of aromatic nitrogens is 2. The first kappa shape index (κ1) is 11.0. The lowest BCUT2D eigenvalue weighted by Crippen LogP contribution is -2.38. The number of hydrogen-bond acceptors (Lipinski definition) is 4. The number of rotatable bonds is 4. The van der Waals surface area contributed by atoms with E-state index in [2.05, 4.69) is 10.2 Å². The van der Waals surface area contributed by atoms with Crippen LogP contribution in [0, 0.1) is 0 Å². The predicted molar refractivity (Wildman–Crippen MR) is 53.8 cm³/mol. The molecule has 1 rings (SSSR count). The summed E-state index contributed by atoms with van der Waals surface area (Å²) < 4.78 is 0. The number of carbonyl (C=O) groups is 2. The first-order valence-electron chi connectivity index (χ1n) is 4.42. The average molecular weight is 211 g/mol. The van der Waals surface area contributed by atoms with Gasteiger partial charge >= 0.3 is 0 Å². The highest BCUT2D eigenvalue weighted by atomic mass is 16.2. The normalized spacial score (nSPS) is 9.93. The molecule has 2 amide bonds. The van der Waals surface area contributed by atoms with E-state index < -0.39 is 5.91 Å². The van der Waals surface area contributed by atoms with Gasteiger partial charge in [-0.05, 0) is 6.92 Å². The number of nitrogens with zero attached hydrogens (tertiary/aromatic N) is 2. The lowest BCUT2D eigenvalue weighted by Gasteiger charge is -2.18. The molecule has 15 heavy (non-hydrogen) atoms. The van der Waals surface area contributed by atoms with Crippen molar-refractivity contribution in [3.8, 4) is 0 Å². The number of primary amides is 1. The second-order valence-corrected chi connectivity index (χ2v) is 2.98. The summed E-state index contributed by atoms with van der Waals surface area (Å²) in [6.45, 7) is 2.00. The number of anilines is 1. The summed E-state index contributed by atoms with van der Waals surface area (Å²) in [7, 11) is 0. The zero-order valence-corrected chi connectivity index (χ0v) is 8.36. The highest BCUT2D eigenvalue weighted by molar-refractivity contribution is 5.99. The first-order valence-corrected chi connectivity index (χ1v) is 4.42. The fourth-order valence-corrected chi connectivity index (χ4v) is 1.15. The van der Waals surface area contributed by atoms with Crippen molar-refractivity contribution in [2.75, 3.05) is 18.8 Å². The van der Waals surface area contributed by atoms with Crippen molar-refractivity contribution in [3.63, 3.8) is 0 Å². The molecule has 0 atom stereocenters. The van der Waals surface area contributed by atoms with E-state index in [1.165, 1.54) is 11.1 Å². The fraction of sp³-hybridized carbons (Fsp3) is 0.375. The number of H-pyrrole nitrogens is 1. The van der Waals surface area contributed by atoms with Gasteiger partial charge < -0.3 is 16.4 Å². The van der Waals surface area contributed by atoms with E-state index in [1.807, 2.05) is 0 Å². The molecule has 0 aliphatic carbocycles. The fourth-order valence-electron chi connectivity index (χ4n) is 1.15. The Kier molecular flexibility index (Phi) is 3.27. The summed E-state index contributed by atoms with van der Waals surface area (Å²) in [5.41, 5.74) is 10.7. The van der Waals surface area contributed by atoms with Gasteiger partial charge in [0.1, 0.15) is 11.4 Å². The van der Waals surface area contributed by atoms with E-state index in [1.54, 1.807) is 6.92 Å². The predicted octanol–water partition coefficient (Wildman–Crippen LogP) is -1.06. The Hall–Kier alpha value is -2.05. The molecule has 1 aromatic rings. The van der Waals surface area contributed by atoms with Crippen molar-refractivity contribution in [1.29, 1.82) is 0 Å². The molecule has 0 saturated heterocycles. The lowest BCUT2D eigenvalue weighted by molar-refractivity contribution is -0.118. The Balaban J connectivity index is 2.82. The van der Waals surface area contributed by atoms with Crippen LogP contribution in [0.15, 0.2) is 6.20 Å². The van der Waals surface area contributed by atoms with E-state index >= 15 is 0 Å². The molecule has 0 aliphatic rings. The molecule has 0 saturated carbocycles. The number of likely N-dealkylation sites (N-methyl/N-ethyl adjacent to an activating group) is 1. The van der Waals surface area contributed by atoms with Gasteiger partial charge in [0, 0.05) is 6.54 Å². The highest BCUT2D eigenvalue weighted by Crippen LogP contribution is 2.09. The number of nitrogens with one attached hydrogen (secondary N) is 1. The molecular weight excluding hydrogens is 198 g/mol. The third kappa shape index (κ3) is 2.46. The number of nitrogens with two attached hydrogens (primary N) is 2. The third-order valence-electron chi connectivity index (χ3n) is 1.91. The van der Waals surface area contributed by atoms with Crippen LogP contribution in [-0.2, 0) is 4.79 Å². The summed E-state index contributed by atoms with van der Waals surface area (Å²) in [4.78, 5) is 23.8. The number of amides is 2. The van der Waals surface area contributed by atoms with Gasteiger partial charge in [-0.3, -0.25) is 14.7 Å². The minimum absolute atomic E-state index is 0.125. The van der Waals surface area contributed by atoms with Crippen molar-refractivity contribution in [2.24, 2.45) is 5.73 Å². The van der Waals surface area contributed by atoms with Crippen LogP contribution < -0.4 is 11.5 Å². The van der Waals surface area contributed by atoms with Crippen LogP contribution in [0.1, 0.15) is 17.3 Å². The molecule has 7 nitrogen and oxygen atoms in total. The number of carbonyl (C=O) groups excluding carboxylic acids is 2. The maximum atomic E-state index is 11.8. The Bertz CT molecular complexity index is 373. The van der Waals surface area contributed by atoms with Gasteiger partial charge in [0.05, 0.1) is 12.7 Å². The van der Waals surface area contributed by atoms with Gasteiger partial charge in [0.2, 0.25) is 5.91 Å². The van der Waals surface area contributed by atoms with Crippen molar-refractivity contribution < 1.29 is 9.59 Å². The summed E-state index contributed by atoms with van der Waals surface area (Å²) in [6.07, 6.45) is 1.32. The number of nitrogen functional groups attached to an aromatic ring is 1. The van der Waals surface area contributed by atoms with E-state index in [9.17, 15) is 9.59 Å². The van der Waals surface area contributed by atoms with Gasteiger partial charge in [-0.15, -0.1) is 0 Å². The van der Waals surface area contributed by atoms with Crippen LogP contribution in [0.3, 0.4) is 0 Å². The molecule has 0 bridgehead atoms. The molecule has 0 radical (unpaired) electrons. The topological polar surface area (TPSA) is 118 Å². The second-order valence-electron chi connectivity index (χ2n) is 2.98. The molecule has 0 spiro atoms. The molecule has 5 N–H and O–H groups in total. The van der Waals surface area contributed by atoms with Gasteiger partial charge in [0.15, 0.2) is 0 Å². The average Bonchev–Trinajstić information content (AvgIpc) is 2.59. The molecule has 0 fully saturated rings. The summed E-state index contributed by atoms with van der Waals surface area (Å²) in [5, 5.41) is 6.07. The van der Waals surface area contributed by atoms with E-state index in [0.29, 0.717) is 6.54 Å². The van der Waals surface area contributed by atoms with Crippen molar-refractivity contribution in [3.05, 3.63) is 11.8 Å². The summed E-state index contributed by atoms with van der Waals surface area (Å²) in [6, 6.07) is 0. The van der Waals surface area contributed by atoms with Gasteiger partial charge in [0.25, 0.3) is 5.91 Å². The number of hydrogen-bond donors (Lipinski definition) is 3. The standard InChI is InChI=1S/C8H13N5O2/c1-2-13(4-6(9)14)8(15)5-3-11-12-7(5)10/h3H,2,4H2,1H3,(H2,9,14)(H3,10,11,12). The molecule has 82 valence electrons. The minimum Gasteiger partial charge on any atom is -0.383 e. The van der Waals surface area contributed by atoms with Crippen LogP contribution in [0.4, 0.5) is 5.82 Å². The maximum absolute atomic E-state index is 11.8. The van der Waals surface area contributed by atoms with Crippen LogP contribution in [0.25, 0.3) is 0 Å². The maximum Gasteiger partial charge on any atom is 0.259 e. The second kappa shape index (κ2) is 4.45. The zero-order valence-electron chi connectivity index (χ0n) is 8.36. The van der Waals surface area contributed by atoms with E-state index in [-0.39, 0.29) is 23.8 Å². The number of aromatic amines is 1. The first-order chi connectivity index (χ1) is 7.06. The Labute approximate surface area is 86.4 Å². The molecule has 0 unspecified atom stereocenters. The Morgan fingerprint density at radius 1 is 1.60 bits per heavy atom. The van der Waals surface area contributed by atoms with Crippen molar-refractivity contribution in [2.45, 2.75) is 6.92 Å². The molecule has 7 heteroatoms. The smallest absolute Gasteiger partial charge is 0.259 e. The van der Waals surface area contributed by atoms with E-state index in [4.69, 9.17) is 11.5 Å². The van der Waals surface area contributed by atoms with Crippen LogP contribution >= 0.6 is 0 Å². The summed E-state index contributed by atoms with van der Waals surface area (Å²) in [5.74, 6) is -0.738. The molecule has 0 aliphatic heterocycles. The van der Waals surface area contributed by atoms with Gasteiger partial charge in [-0.1, -0.05) is 0 Å². The third-order valence-corrected chi connectivity index (χ3v) is 1.91. The SMILES string of the molecule is CCN(CC(N)=O)C(=O)c1cn[nH]c1N. The van der Waals surface area contributed by atoms with Gasteiger partial charge in [-0.25, -0.2) is 0 Å². The molecule has 1 aromatic heterocycles. The zero-order chi connectivity index (χ0) is 11.4. The quantitative estimate of drug-likeness (QED) is 0.588. The lowest BCUT2D eigenvalue weighted by atomic mass is 10.2. The minimum atomic E-state index is -0.563.